The van der Waals surface area contributed by atoms with Gasteiger partial charge >= 0.3 is 0 Å². The van der Waals surface area contributed by atoms with E-state index in [9.17, 15) is 0 Å². The Morgan fingerprint density at radius 3 is 2.38 bits per heavy atom. The summed E-state index contributed by atoms with van der Waals surface area (Å²) in [4.78, 5) is 26.5. The lowest BCUT2D eigenvalue weighted by Crippen LogP contribution is -2.52. The van der Waals surface area contributed by atoms with Crippen LogP contribution in [-0.4, -0.2) is 89.2 Å². The SMILES string of the molecule is C=Cc1cnc(Nc2cc(C(C)C)c(N3CCC(N4CCN(C)CC4)CC3)cc2OC)nc1Nc1ccc2nccnc2c1CC(C)C. The van der Waals surface area contributed by atoms with E-state index < -0.39 is 0 Å². The smallest absolute Gasteiger partial charge is 0.229 e. The third-order valence-electron chi connectivity index (χ3n) is 9.72. The molecule has 48 heavy (non-hydrogen) atoms. The van der Waals surface area contributed by atoms with E-state index in [2.05, 4.69) is 99.8 Å². The van der Waals surface area contributed by atoms with E-state index in [1.54, 1.807) is 31.8 Å². The molecule has 0 saturated carbocycles. The Labute approximate surface area is 285 Å². The zero-order valence-electron chi connectivity index (χ0n) is 29.5. The molecule has 254 valence electrons. The predicted octanol–water partition coefficient (Wildman–Crippen LogP) is 7.10. The summed E-state index contributed by atoms with van der Waals surface area (Å²) < 4.78 is 5.97. The third-order valence-corrected chi connectivity index (χ3v) is 9.72. The van der Waals surface area contributed by atoms with Gasteiger partial charge in [-0.25, -0.2) is 4.98 Å². The lowest BCUT2D eigenvalue weighted by molar-refractivity contribution is 0.0982. The number of hydrogen-bond donors (Lipinski definition) is 2. The number of nitrogens with zero attached hydrogens (tertiary/aromatic N) is 7. The fourth-order valence-corrected chi connectivity index (χ4v) is 7.02. The lowest BCUT2D eigenvalue weighted by Gasteiger charge is -2.43. The molecule has 0 aliphatic carbocycles. The number of fused-ring (bicyclic) bond motifs is 1. The highest BCUT2D eigenvalue weighted by Gasteiger charge is 2.28. The molecule has 4 aromatic rings. The van der Waals surface area contributed by atoms with E-state index in [0.717, 1.165) is 58.8 Å². The van der Waals surface area contributed by atoms with Gasteiger partial charge in [0.2, 0.25) is 5.95 Å². The molecule has 2 aromatic heterocycles. The van der Waals surface area contributed by atoms with Crippen molar-refractivity contribution in [3.63, 3.8) is 0 Å². The first-order valence-corrected chi connectivity index (χ1v) is 17.4. The molecule has 0 bridgehead atoms. The summed E-state index contributed by atoms with van der Waals surface area (Å²) in [6.45, 7) is 19.7. The van der Waals surface area contributed by atoms with Gasteiger partial charge in [0.05, 0.1) is 23.8 Å². The second kappa shape index (κ2) is 14.9. The molecular formula is C38H51N9O. The maximum atomic E-state index is 5.97. The summed E-state index contributed by atoms with van der Waals surface area (Å²) in [5.41, 5.74) is 8.04. The van der Waals surface area contributed by atoms with Gasteiger partial charge in [-0.15, -0.1) is 0 Å². The van der Waals surface area contributed by atoms with E-state index in [1.807, 2.05) is 6.07 Å². The Bertz CT molecular complexity index is 1720. The number of aromatic nitrogens is 4. The minimum atomic E-state index is 0.332. The van der Waals surface area contributed by atoms with Crippen molar-refractivity contribution in [3.05, 3.63) is 66.1 Å². The van der Waals surface area contributed by atoms with E-state index in [-0.39, 0.29) is 0 Å². The maximum absolute atomic E-state index is 5.97. The van der Waals surface area contributed by atoms with E-state index in [0.29, 0.717) is 29.6 Å². The van der Waals surface area contributed by atoms with Crippen LogP contribution in [0.15, 0.2) is 49.4 Å². The van der Waals surface area contributed by atoms with Crippen LogP contribution in [0.1, 0.15) is 63.1 Å². The molecule has 0 atom stereocenters. The third kappa shape index (κ3) is 7.39. The van der Waals surface area contributed by atoms with Gasteiger partial charge in [0.15, 0.2) is 0 Å². The number of nitrogens with one attached hydrogen (secondary N) is 2. The van der Waals surface area contributed by atoms with Gasteiger partial charge in [-0.3, -0.25) is 14.9 Å². The molecule has 10 heteroatoms. The van der Waals surface area contributed by atoms with Gasteiger partial charge in [0.25, 0.3) is 0 Å². The van der Waals surface area contributed by atoms with Crippen LogP contribution >= 0.6 is 0 Å². The van der Waals surface area contributed by atoms with Crippen LogP contribution in [0.3, 0.4) is 0 Å². The standard InChI is InChI=1S/C38H51N9O/c1-8-27-24-41-38(44-37(27)42-31-9-10-32-36(40-14-13-39-32)30(31)21-25(2)3)43-33-22-29(26(4)5)34(23-35(33)48-7)47-15-11-28(12-16-47)46-19-17-45(6)18-20-46/h8-10,13-14,22-26,28H,1,11-12,15-21H2,2-7H3,(H2,41,42,43,44). The summed E-state index contributed by atoms with van der Waals surface area (Å²) in [7, 11) is 3.95. The Morgan fingerprint density at radius 2 is 1.69 bits per heavy atom. The number of rotatable bonds is 11. The molecule has 2 aliphatic rings. The molecule has 6 rings (SSSR count). The highest BCUT2D eigenvalue weighted by atomic mass is 16.5. The van der Waals surface area contributed by atoms with Crippen LogP contribution in [0.2, 0.25) is 0 Å². The van der Waals surface area contributed by atoms with Crippen molar-refractivity contribution in [1.29, 1.82) is 0 Å². The van der Waals surface area contributed by atoms with E-state index in [1.165, 1.54) is 50.3 Å². The molecule has 0 unspecified atom stereocenters. The normalized spacial score (nSPS) is 16.5. The molecule has 10 nitrogen and oxygen atoms in total. The second-order valence-electron chi connectivity index (χ2n) is 13.9. The highest BCUT2D eigenvalue weighted by molar-refractivity contribution is 5.86. The summed E-state index contributed by atoms with van der Waals surface area (Å²) in [6, 6.07) is 9.13. The van der Waals surface area contributed by atoms with E-state index >= 15 is 0 Å². The number of anilines is 5. The van der Waals surface area contributed by atoms with Crippen LogP contribution in [0.5, 0.6) is 5.75 Å². The number of ether oxygens (including phenoxy) is 1. The summed E-state index contributed by atoms with van der Waals surface area (Å²) >= 11 is 0. The van der Waals surface area contributed by atoms with Gasteiger partial charge in [0, 0.05) is 92.5 Å². The predicted molar refractivity (Wildman–Crippen MR) is 198 cm³/mol. The number of piperidine rings is 1. The van der Waals surface area contributed by atoms with Crippen LogP contribution in [0, 0.1) is 5.92 Å². The molecule has 2 saturated heterocycles. The number of likely N-dealkylation sites (N-methyl/N-ethyl adjacent to an activating group) is 1. The Kier molecular flexibility index (Phi) is 10.4. The number of hydrogen-bond acceptors (Lipinski definition) is 10. The Balaban J connectivity index is 1.25. The van der Waals surface area contributed by atoms with Crippen molar-refractivity contribution in [2.24, 2.45) is 5.92 Å². The maximum Gasteiger partial charge on any atom is 0.229 e. The van der Waals surface area contributed by atoms with Crippen LogP contribution < -0.4 is 20.3 Å². The number of methoxy groups -OCH3 is 1. The lowest BCUT2D eigenvalue weighted by atomic mass is 9.96. The number of benzene rings is 2. The highest BCUT2D eigenvalue weighted by Crippen LogP contribution is 2.40. The molecule has 2 N–H and O–H groups in total. The van der Waals surface area contributed by atoms with Crippen molar-refractivity contribution in [3.8, 4) is 5.75 Å². The Morgan fingerprint density at radius 1 is 0.938 bits per heavy atom. The Hall–Kier alpha value is -4.28. The minimum absolute atomic E-state index is 0.332. The molecule has 0 spiro atoms. The molecular weight excluding hydrogens is 598 g/mol. The van der Waals surface area contributed by atoms with Gasteiger partial charge < -0.3 is 25.2 Å². The average molecular weight is 650 g/mol. The molecule has 2 aromatic carbocycles. The topological polar surface area (TPSA) is 94.6 Å². The van der Waals surface area contributed by atoms with Crippen molar-refractivity contribution < 1.29 is 4.74 Å². The van der Waals surface area contributed by atoms with Crippen molar-refractivity contribution in [1.82, 2.24) is 29.7 Å². The van der Waals surface area contributed by atoms with Crippen LogP contribution in [0.4, 0.5) is 28.8 Å². The molecule has 0 radical (unpaired) electrons. The zero-order valence-corrected chi connectivity index (χ0v) is 29.5. The summed E-state index contributed by atoms with van der Waals surface area (Å²) in [6.07, 6.45) is 10.3. The molecule has 2 aliphatic heterocycles. The van der Waals surface area contributed by atoms with Gasteiger partial charge in [0.1, 0.15) is 11.6 Å². The van der Waals surface area contributed by atoms with Crippen molar-refractivity contribution >= 4 is 45.9 Å². The second-order valence-corrected chi connectivity index (χ2v) is 13.9. The first kappa shape index (κ1) is 33.6. The zero-order chi connectivity index (χ0) is 33.8. The first-order valence-electron chi connectivity index (χ1n) is 17.4. The molecule has 4 heterocycles. The monoisotopic (exact) mass is 649 g/mol. The van der Waals surface area contributed by atoms with Gasteiger partial charge in [-0.05, 0) is 61.9 Å². The van der Waals surface area contributed by atoms with Crippen LogP contribution in [0.25, 0.3) is 17.1 Å². The number of piperazine rings is 1. The quantitative estimate of drug-likeness (QED) is 0.175. The first-order chi connectivity index (χ1) is 23.2. The van der Waals surface area contributed by atoms with Gasteiger partial charge in [-0.2, -0.15) is 4.98 Å². The molecule has 0 amide bonds. The van der Waals surface area contributed by atoms with Gasteiger partial charge in [-0.1, -0.05) is 40.3 Å². The average Bonchev–Trinajstić information content (AvgIpc) is 3.09. The van der Waals surface area contributed by atoms with Crippen molar-refractivity contribution in [2.45, 2.75) is 58.9 Å². The van der Waals surface area contributed by atoms with E-state index in [4.69, 9.17) is 9.72 Å². The summed E-state index contributed by atoms with van der Waals surface area (Å²) in [5.74, 6) is 2.68. The van der Waals surface area contributed by atoms with Crippen LogP contribution in [-0.2, 0) is 6.42 Å². The minimum Gasteiger partial charge on any atom is -0.494 e. The largest absolute Gasteiger partial charge is 0.494 e. The fraction of sp³-hybridized carbons (Fsp3) is 0.474. The summed E-state index contributed by atoms with van der Waals surface area (Å²) in [5, 5.41) is 7.06. The van der Waals surface area contributed by atoms with Crippen molar-refractivity contribution in [2.75, 3.05) is 69.0 Å². The molecule has 2 fully saturated rings. The fourth-order valence-electron chi connectivity index (χ4n) is 7.02.